The molecule has 21 heavy (non-hydrogen) atoms. The zero-order valence-corrected chi connectivity index (χ0v) is 11.9. The van der Waals surface area contributed by atoms with Gasteiger partial charge < -0.3 is 15.0 Å². The highest BCUT2D eigenvalue weighted by atomic mass is 32.1. The lowest BCUT2D eigenvalue weighted by Crippen LogP contribution is -2.53. The van der Waals surface area contributed by atoms with E-state index in [2.05, 4.69) is 20.0 Å². The van der Waals surface area contributed by atoms with Crippen LogP contribution >= 0.6 is 11.3 Å². The molecule has 12 heteroatoms. The molecular weight excluding hydrogens is 308 g/mol. The van der Waals surface area contributed by atoms with Crippen LogP contribution in [0.15, 0.2) is 5.38 Å². The highest BCUT2D eigenvalue weighted by Gasteiger charge is 2.31. The molecule has 1 aromatic rings. The molecule has 0 fully saturated rings. The predicted molar refractivity (Wildman–Crippen MR) is 68.6 cm³/mol. The summed E-state index contributed by atoms with van der Waals surface area (Å²) in [5.41, 5.74) is -1.36. The molecule has 0 aliphatic carbocycles. The Bertz CT molecular complexity index is 528. The Morgan fingerprint density at radius 3 is 2.29 bits per heavy atom. The Labute approximate surface area is 122 Å². The molecule has 1 N–H and O–H groups in total. The number of hydrogen-bond donors (Lipinski definition) is 1. The maximum atomic E-state index is 11.9. The molecule has 1 aromatic heterocycles. The molecule has 116 valence electrons. The van der Waals surface area contributed by atoms with Crippen molar-refractivity contribution in [2.45, 2.75) is 19.4 Å². The van der Waals surface area contributed by atoms with Crippen LogP contribution in [-0.4, -0.2) is 39.8 Å². The molecule has 11 nitrogen and oxygen atoms in total. The Morgan fingerprint density at radius 1 is 1.38 bits per heavy atom. The number of nitrogens with one attached hydrogen (secondary N) is 1. The minimum atomic E-state index is -1.46. The third-order valence-corrected chi connectivity index (χ3v) is 3.02. The van der Waals surface area contributed by atoms with Crippen LogP contribution in [0.5, 0.6) is 0 Å². The van der Waals surface area contributed by atoms with Crippen LogP contribution in [0.1, 0.15) is 22.4 Å². The van der Waals surface area contributed by atoms with E-state index in [4.69, 9.17) is 0 Å². The van der Waals surface area contributed by atoms with Crippen LogP contribution in [0.2, 0.25) is 0 Å². The van der Waals surface area contributed by atoms with Gasteiger partial charge in [0.1, 0.15) is 18.9 Å². The first-order valence-electron chi connectivity index (χ1n) is 5.51. The Morgan fingerprint density at radius 2 is 1.90 bits per heavy atom. The van der Waals surface area contributed by atoms with E-state index < -0.39 is 34.8 Å². The van der Waals surface area contributed by atoms with Crippen molar-refractivity contribution in [1.29, 1.82) is 0 Å². The summed E-state index contributed by atoms with van der Waals surface area (Å²) in [7, 11) is 0. The molecule has 0 spiro atoms. The van der Waals surface area contributed by atoms with Gasteiger partial charge in [-0.3, -0.25) is 4.79 Å². The normalized spacial score (nSPS) is 10.8. The topological polar surface area (TPSA) is 147 Å². The summed E-state index contributed by atoms with van der Waals surface area (Å²) in [4.78, 5) is 44.7. The summed E-state index contributed by atoms with van der Waals surface area (Å²) in [5.74, 6) is -0.638. The van der Waals surface area contributed by atoms with E-state index in [1.807, 2.05) is 0 Å². The van der Waals surface area contributed by atoms with Crippen molar-refractivity contribution in [1.82, 2.24) is 10.3 Å². The number of aryl methyl sites for hydroxylation is 1. The van der Waals surface area contributed by atoms with Crippen LogP contribution in [-0.2, 0) is 9.68 Å². The van der Waals surface area contributed by atoms with E-state index in [1.54, 1.807) is 6.92 Å². The number of carbonyl (C=O) groups is 1. The second-order valence-electron chi connectivity index (χ2n) is 4.26. The lowest BCUT2D eigenvalue weighted by atomic mass is 10.1. The van der Waals surface area contributed by atoms with Crippen LogP contribution in [0.3, 0.4) is 0 Å². The molecule has 0 unspecified atom stereocenters. The molecule has 0 aromatic carbocycles. The lowest BCUT2D eigenvalue weighted by molar-refractivity contribution is -0.769. The van der Waals surface area contributed by atoms with Gasteiger partial charge in [0.15, 0.2) is 0 Å². The smallest absolute Gasteiger partial charge is 0.294 e. The predicted octanol–water partition coefficient (Wildman–Crippen LogP) is 0.357. The van der Waals surface area contributed by atoms with Crippen molar-refractivity contribution < 1.29 is 24.6 Å². The molecule has 1 amide bonds. The average molecular weight is 320 g/mol. The first-order valence-corrected chi connectivity index (χ1v) is 6.39. The van der Waals surface area contributed by atoms with E-state index in [0.717, 1.165) is 0 Å². The van der Waals surface area contributed by atoms with Gasteiger partial charge in [0.25, 0.3) is 16.1 Å². The molecule has 1 rings (SSSR count). The minimum absolute atomic E-state index is 0.103. The Kier molecular flexibility index (Phi) is 5.35. The maximum absolute atomic E-state index is 11.9. The van der Waals surface area contributed by atoms with Gasteiger partial charge in [-0.05, 0) is 13.8 Å². The standard InChI is InChI=1S/C9H12N4O7S/c1-6-10-7(3-21-6)8(14)11-9(2,4-19-12(15)16)5-20-13(17)18/h3H,4-5H2,1-2H3,(H,11,14). The van der Waals surface area contributed by atoms with Crippen molar-refractivity contribution in [3.8, 4) is 0 Å². The highest BCUT2D eigenvalue weighted by Crippen LogP contribution is 2.11. The second-order valence-corrected chi connectivity index (χ2v) is 5.32. The molecule has 0 aliphatic heterocycles. The molecule has 0 saturated carbocycles. The largest absolute Gasteiger partial charge is 0.342 e. The zero-order valence-electron chi connectivity index (χ0n) is 11.1. The van der Waals surface area contributed by atoms with E-state index in [1.165, 1.54) is 23.6 Å². The Balaban J connectivity index is 2.77. The van der Waals surface area contributed by atoms with Gasteiger partial charge >= 0.3 is 0 Å². The molecule has 0 atom stereocenters. The van der Waals surface area contributed by atoms with Crippen LogP contribution in [0.25, 0.3) is 0 Å². The van der Waals surface area contributed by atoms with Gasteiger partial charge in [0.2, 0.25) is 0 Å². The third-order valence-electron chi connectivity index (χ3n) is 2.24. The zero-order chi connectivity index (χ0) is 16.0. The van der Waals surface area contributed by atoms with Crippen molar-refractivity contribution in [2.75, 3.05) is 13.2 Å². The van der Waals surface area contributed by atoms with Gasteiger partial charge in [0.05, 0.1) is 10.5 Å². The fourth-order valence-corrected chi connectivity index (χ4v) is 1.90. The van der Waals surface area contributed by atoms with Gasteiger partial charge in [0, 0.05) is 5.38 Å². The average Bonchev–Trinajstić information content (AvgIpc) is 2.81. The Hall–Kier alpha value is -2.50. The third kappa shape index (κ3) is 5.56. The van der Waals surface area contributed by atoms with Crippen molar-refractivity contribution in [3.63, 3.8) is 0 Å². The summed E-state index contributed by atoms with van der Waals surface area (Å²) < 4.78 is 0. The minimum Gasteiger partial charge on any atom is -0.342 e. The van der Waals surface area contributed by atoms with E-state index in [0.29, 0.717) is 5.01 Å². The van der Waals surface area contributed by atoms with E-state index >= 15 is 0 Å². The lowest BCUT2D eigenvalue weighted by Gasteiger charge is -2.28. The molecular formula is C9H12N4O7S. The van der Waals surface area contributed by atoms with E-state index in [9.17, 15) is 25.0 Å². The molecule has 0 aliphatic rings. The van der Waals surface area contributed by atoms with Crippen molar-refractivity contribution in [2.24, 2.45) is 0 Å². The van der Waals surface area contributed by atoms with Gasteiger partial charge in [-0.15, -0.1) is 31.6 Å². The number of aromatic nitrogens is 1. The maximum Gasteiger partial charge on any atom is 0.294 e. The highest BCUT2D eigenvalue weighted by molar-refractivity contribution is 7.09. The van der Waals surface area contributed by atoms with Crippen LogP contribution in [0, 0.1) is 27.2 Å². The summed E-state index contributed by atoms with van der Waals surface area (Å²) in [5, 5.41) is 22.9. The van der Waals surface area contributed by atoms with Crippen molar-refractivity contribution in [3.05, 3.63) is 36.3 Å². The number of hydrogen-bond acceptors (Lipinski definition) is 9. The molecule has 0 bridgehead atoms. The monoisotopic (exact) mass is 320 g/mol. The molecule has 0 radical (unpaired) electrons. The van der Waals surface area contributed by atoms with E-state index in [-0.39, 0.29) is 5.69 Å². The summed E-state index contributed by atoms with van der Waals surface area (Å²) in [6, 6.07) is 0. The summed E-state index contributed by atoms with van der Waals surface area (Å²) >= 11 is 1.24. The van der Waals surface area contributed by atoms with Crippen molar-refractivity contribution >= 4 is 17.2 Å². The quantitative estimate of drug-likeness (QED) is 0.533. The fraction of sp³-hybridized carbons (Fsp3) is 0.556. The number of rotatable bonds is 8. The number of amides is 1. The molecule has 1 heterocycles. The second kappa shape index (κ2) is 6.78. The SMILES string of the molecule is Cc1nc(C(=O)NC(C)(CO[N+](=O)[O-])CO[N+](=O)[O-])cs1. The molecule has 0 saturated heterocycles. The summed E-state index contributed by atoms with van der Waals surface area (Å²) in [6.07, 6.45) is 0. The van der Waals surface area contributed by atoms with Crippen LogP contribution in [0.4, 0.5) is 0 Å². The van der Waals surface area contributed by atoms with Gasteiger partial charge in [-0.1, -0.05) is 0 Å². The first-order chi connectivity index (χ1) is 9.72. The summed E-state index contributed by atoms with van der Waals surface area (Å²) in [6.45, 7) is 1.80. The number of nitrogens with zero attached hydrogens (tertiary/aromatic N) is 3. The fourth-order valence-electron chi connectivity index (χ4n) is 1.31. The first kappa shape index (κ1) is 16.6. The number of carbonyl (C=O) groups excluding carboxylic acids is 1. The number of thiazole rings is 1. The van der Waals surface area contributed by atoms with Gasteiger partial charge in [-0.25, -0.2) is 4.98 Å². The van der Waals surface area contributed by atoms with Crippen LogP contribution < -0.4 is 5.32 Å². The van der Waals surface area contributed by atoms with Gasteiger partial charge in [-0.2, -0.15) is 0 Å².